The molecule has 2 N–H and O–H groups in total. The van der Waals surface area contributed by atoms with Crippen LogP contribution in [0.5, 0.6) is 0 Å². The van der Waals surface area contributed by atoms with E-state index in [1.54, 1.807) is 25.2 Å². The van der Waals surface area contributed by atoms with Crippen molar-refractivity contribution in [1.82, 2.24) is 10.2 Å². The Bertz CT molecular complexity index is 666. The molecule has 8 heteroatoms. The highest BCUT2D eigenvalue weighted by Gasteiger charge is 2.13. The molecule has 0 aliphatic carbocycles. The fourth-order valence-corrected chi connectivity index (χ4v) is 3.17. The average molecular weight is 484 g/mol. The molecule has 1 aromatic heterocycles. The Morgan fingerprint density at radius 2 is 2.00 bits per heavy atom. The fraction of sp³-hybridized carbons (Fsp3) is 0.312. The average Bonchev–Trinajstić information content (AvgIpc) is 2.96. The Morgan fingerprint density at radius 1 is 1.33 bits per heavy atom. The predicted molar refractivity (Wildman–Crippen MR) is 109 cm³/mol. The third kappa shape index (κ3) is 6.19. The maximum atomic E-state index is 12.9. The maximum absolute atomic E-state index is 12.9. The van der Waals surface area contributed by atoms with Crippen molar-refractivity contribution in [3.63, 3.8) is 0 Å². The minimum Gasteiger partial charge on any atom is -0.386 e. The van der Waals surface area contributed by atoms with E-state index < -0.39 is 6.10 Å². The molecule has 0 fully saturated rings. The number of thiophene rings is 1. The summed E-state index contributed by atoms with van der Waals surface area (Å²) in [4.78, 5) is 6.91. The molecule has 0 spiro atoms. The van der Waals surface area contributed by atoms with Crippen molar-refractivity contribution in [3.05, 3.63) is 57.0 Å². The molecule has 0 amide bonds. The molecule has 0 bridgehead atoms. The zero-order valence-electron chi connectivity index (χ0n) is 13.4. The van der Waals surface area contributed by atoms with Crippen molar-refractivity contribution in [2.75, 3.05) is 20.6 Å². The van der Waals surface area contributed by atoms with Gasteiger partial charge in [-0.3, -0.25) is 4.99 Å². The zero-order valence-corrected chi connectivity index (χ0v) is 17.3. The number of hydrogen-bond donors (Lipinski definition) is 2. The lowest BCUT2D eigenvalue weighted by Crippen LogP contribution is -2.40. The number of halogens is 3. The van der Waals surface area contributed by atoms with Crippen molar-refractivity contribution in [2.45, 2.75) is 12.6 Å². The van der Waals surface area contributed by atoms with Crippen LogP contribution in [0.15, 0.2) is 41.4 Å². The number of hydrogen-bond acceptors (Lipinski definition) is 3. The third-order valence-corrected chi connectivity index (χ3v) is 4.61. The monoisotopic (exact) mass is 483 g/mol. The molecule has 0 saturated carbocycles. The molecule has 132 valence electrons. The molecule has 2 rings (SSSR count). The Balaban J connectivity index is 0.00000288. The summed E-state index contributed by atoms with van der Waals surface area (Å²) in [5.41, 5.74) is 0.974. The molecular formula is C16H20ClFIN3OS. The molecule has 0 radical (unpaired) electrons. The number of rotatable bonds is 5. The second-order valence-electron chi connectivity index (χ2n) is 5.07. The highest BCUT2D eigenvalue weighted by molar-refractivity contribution is 14.0. The van der Waals surface area contributed by atoms with E-state index in [2.05, 4.69) is 10.3 Å². The predicted octanol–water partition coefficient (Wildman–Crippen LogP) is 3.90. The summed E-state index contributed by atoms with van der Waals surface area (Å²) in [7, 11) is 3.56. The van der Waals surface area contributed by atoms with E-state index in [0.29, 0.717) is 23.4 Å². The summed E-state index contributed by atoms with van der Waals surface area (Å²) in [6.07, 6.45) is -0.650. The van der Waals surface area contributed by atoms with Gasteiger partial charge in [0.05, 0.1) is 4.34 Å². The molecule has 0 saturated heterocycles. The van der Waals surface area contributed by atoms with Crippen LogP contribution < -0.4 is 5.32 Å². The molecule has 1 heterocycles. The van der Waals surface area contributed by atoms with E-state index in [9.17, 15) is 9.50 Å². The van der Waals surface area contributed by atoms with Crippen LogP contribution in [0.25, 0.3) is 0 Å². The second kappa shape index (κ2) is 10.2. The Labute approximate surface area is 167 Å². The lowest BCUT2D eigenvalue weighted by molar-refractivity contribution is 0.183. The van der Waals surface area contributed by atoms with Crippen LogP contribution in [0.3, 0.4) is 0 Å². The Hall–Kier alpha value is -0.900. The van der Waals surface area contributed by atoms with Gasteiger partial charge in [-0.15, -0.1) is 35.3 Å². The summed E-state index contributed by atoms with van der Waals surface area (Å²) in [6, 6.07) is 9.92. The minimum atomic E-state index is -0.650. The van der Waals surface area contributed by atoms with Crippen LogP contribution >= 0.6 is 46.9 Å². The molecule has 0 aliphatic rings. The summed E-state index contributed by atoms with van der Waals surface area (Å²) in [5.74, 6) is 0.396. The molecule has 1 unspecified atom stereocenters. The van der Waals surface area contributed by atoms with Crippen molar-refractivity contribution >= 4 is 52.9 Å². The molecule has 24 heavy (non-hydrogen) atoms. The summed E-state index contributed by atoms with van der Waals surface area (Å²) in [5, 5.41) is 13.3. The van der Waals surface area contributed by atoms with Crippen molar-refractivity contribution in [2.24, 2.45) is 4.99 Å². The third-order valence-electron chi connectivity index (χ3n) is 3.28. The van der Waals surface area contributed by atoms with Gasteiger partial charge in [0.2, 0.25) is 0 Å². The summed E-state index contributed by atoms with van der Waals surface area (Å²) in [6.45, 7) is 0.915. The highest BCUT2D eigenvalue weighted by Crippen LogP contribution is 2.26. The first-order chi connectivity index (χ1) is 11.0. The lowest BCUT2D eigenvalue weighted by Gasteiger charge is -2.23. The number of aliphatic hydroxyl groups excluding tert-OH is 1. The molecule has 4 nitrogen and oxygen atoms in total. The maximum Gasteiger partial charge on any atom is 0.193 e. The zero-order chi connectivity index (χ0) is 16.8. The standard InChI is InChI=1S/C16H19ClFN3OS.HI/c1-19-16(20-9-13(22)14-7-8-15(17)23-14)21(2)10-11-3-5-12(18)6-4-11;/h3-8,13,22H,9-10H2,1-2H3,(H,19,20);1H. The Morgan fingerprint density at radius 3 is 2.54 bits per heavy atom. The van der Waals surface area contributed by atoms with Gasteiger partial charge in [-0.1, -0.05) is 23.7 Å². The topological polar surface area (TPSA) is 47.9 Å². The largest absolute Gasteiger partial charge is 0.386 e. The first kappa shape index (κ1) is 21.1. The van der Waals surface area contributed by atoms with E-state index in [0.717, 1.165) is 10.4 Å². The van der Waals surface area contributed by atoms with Gasteiger partial charge >= 0.3 is 0 Å². The number of benzene rings is 1. The quantitative estimate of drug-likeness (QED) is 0.385. The van der Waals surface area contributed by atoms with Gasteiger partial charge in [-0.2, -0.15) is 0 Å². The van der Waals surface area contributed by atoms with E-state index in [4.69, 9.17) is 11.6 Å². The molecule has 2 aromatic rings. The number of nitrogens with zero attached hydrogens (tertiary/aromatic N) is 2. The number of nitrogens with one attached hydrogen (secondary N) is 1. The first-order valence-corrected chi connectivity index (χ1v) is 8.28. The molecule has 0 aliphatic heterocycles. The van der Waals surface area contributed by atoms with Crippen LogP contribution in [0.4, 0.5) is 4.39 Å². The van der Waals surface area contributed by atoms with Crippen molar-refractivity contribution in [1.29, 1.82) is 0 Å². The number of guanidine groups is 1. The van der Waals surface area contributed by atoms with Gasteiger partial charge in [-0.05, 0) is 29.8 Å². The number of aliphatic imine (C=N–C) groups is 1. The van der Waals surface area contributed by atoms with Crippen LogP contribution in [-0.4, -0.2) is 36.6 Å². The summed E-state index contributed by atoms with van der Waals surface area (Å²) < 4.78 is 13.6. The second-order valence-corrected chi connectivity index (χ2v) is 6.81. The van der Waals surface area contributed by atoms with Gasteiger partial charge < -0.3 is 15.3 Å². The van der Waals surface area contributed by atoms with E-state index in [-0.39, 0.29) is 29.8 Å². The normalized spacial score (nSPS) is 12.5. The highest BCUT2D eigenvalue weighted by atomic mass is 127. The van der Waals surface area contributed by atoms with Crippen LogP contribution in [0.1, 0.15) is 16.5 Å². The Kier molecular flexibility index (Phi) is 8.96. The smallest absolute Gasteiger partial charge is 0.193 e. The first-order valence-electron chi connectivity index (χ1n) is 7.09. The van der Waals surface area contributed by atoms with Crippen molar-refractivity contribution in [3.8, 4) is 0 Å². The number of aliphatic hydroxyl groups is 1. The van der Waals surface area contributed by atoms with Crippen LogP contribution in [0, 0.1) is 5.82 Å². The van der Waals surface area contributed by atoms with Crippen molar-refractivity contribution < 1.29 is 9.50 Å². The molecule has 1 aromatic carbocycles. The SMILES string of the molecule is CN=C(NCC(O)c1ccc(Cl)s1)N(C)Cc1ccc(F)cc1.I. The van der Waals surface area contributed by atoms with Crippen LogP contribution in [0.2, 0.25) is 4.34 Å². The van der Waals surface area contributed by atoms with E-state index in [1.165, 1.54) is 23.5 Å². The minimum absolute atomic E-state index is 0. The van der Waals surface area contributed by atoms with Gasteiger partial charge in [0.25, 0.3) is 0 Å². The van der Waals surface area contributed by atoms with Crippen LogP contribution in [-0.2, 0) is 6.54 Å². The molecular weight excluding hydrogens is 464 g/mol. The lowest BCUT2D eigenvalue weighted by atomic mass is 10.2. The van der Waals surface area contributed by atoms with Gasteiger partial charge in [-0.25, -0.2) is 4.39 Å². The van der Waals surface area contributed by atoms with Gasteiger partial charge in [0.1, 0.15) is 11.9 Å². The summed E-state index contributed by atoms with van der Waals surface area (Å²) >= 11 is 7.23. The van der Waals surface area contributed by atoms with E-state index in [1.807, 2.05) is 18.0 Å². The molecule has 1 atom stereocenters. The van der Waals surface area contributed by atoms with Gasteiger partial charge in [0, 0.05) is 32.1 Å². The fourth-order valence-electron chi connectivity index (χ4n) is 2.12. The van der Waals surface area contributed by atoms with Gasteiger partial charge in [0.15, 0.2) is 5.96 Å². The van der Waals surface area contributed by atoms with E-state index >= 15 is 0 Å².